The van der Waals surface area contributed by atoms with E-state index in [-0.39, 0.29) is 11.2 Å². The molecule has 0 radical (unpaired) electrons. The van der Waals surface area contributed by atoms with Gasteiger partial charge in [0, 0.05) is 31.9 Å². The number of hydrogen-bond acceptors (Lipinski definition) is 5. The first-order chi connectivity index (χ1) is 11.9. The molecule has 7 heteroatoms. The van der Waals surface area contributed by atoms with E-state index in [0.717, 1.165) is 11.1 Å². The van der Waals surface area contributed by atoms with Crippen molar-refractivity contribution in [1.29, 1.82) is 0 Å². The fraction of sp³-hybridized carbons (Fsp3) is 0.333. The fourth-order valence-electron chi connectivity index (χ4n) is 2.62. The molecule has 0 N–H and O–H groups in total. The molecule has 0 aliphatic carbocycles. The lowest BCUT2D eigenvalue weighted by Crippen LogP contribution is -2.41. The van der Waals surface area contributed by atoms with Gasteiger partial charge in [0.2, 0.25) is 0 Å². The number of rotatable bonds is 4. The number of benzene rings is 1. The molecule has 3 rings (SSSR count). The minimum Gasteiger partial charge on any atom is -0.308 e. The van der Waals surface area contributed by atoms with Gasteiger partial charge in [0.05, 0.1) is 0 Å². The third-order valence-electron chi connectivity index (χ3n) is 4.16. The van der Waals surface area contributed by atoms with Crippen LogP contribution in [-0.2, 0) is 13.6 Å². The summed E-state index contributed by atoms with van der Waals surface area (Å²) in [5.74, 6) is 0.493. The van der Waals surface area contributed by atoms with Gasteiger partial charge in [-0.3, -0.25) is 13.9 Å². The van der Waals surface area contributed by atoms with Gasteiger partial charge in [-0.15, -0.1) is 0 Å². The number of hydrogen-bond donors (Lipinski definition) is 0. The SMILES string of the molecule is Cc1ccc(-c2ncc3c(=O)n(CCN(C)C)c(=O)n(C)c3n2)cc1. The first-order valence-electron chi connectivity index (χ1n) is 8.07. The third-order valence-corrected chi connectivity index (χ3v) is 4.16. The standard InChI is InChI=1S/C18H21N5O2/c1-12-5-7-13(8-6-12)15-19-11-14-16(20-15)22(4)18(25)23(17(14)24)10-9-21(2)3/h5-8,11H,9-10H2,1-4H3. The van der Waals surface area contributed by atoms with E-state index in [2.05, 4.69) is 9.97 Å². The Morgan fingerprint density at radius 2 is 1.80 bits per heavy atom. The van der Waals surface area contributed by atoms with Crippen molar-refractivity contribution >= 4 is 11.0 Å². The van der Waals surface area contributed by atoms with E-state index in [0.29, 0.717) is 29.9 Å². The Bertz CT molecular complexity index is 1030. The molecule has 0 fully saturated rings. The summed E-state index contributed by atoms with van der Waals surface area (Å²) in [6.07, 6.45) is 1.51. The summed E-state index contributed by atoms with van der Waals surface area (Å²) < 4.78 is 2.64. The second kappa shape index (κ2) is 6.60. The van der Waals surface area contributed by atoms with Crippen LogP contribution in [0.1, 0.15) is 5.56 Å². The summed E-state index contributed by atoms with van der Waals surface area (Å²) >= 11 is 0. The van der Waals surface area contributed by atoms with Crippen LogP contribution in [0.5, 0.6) is 0 Å². The molecule has 0 aliphatic heterocycles. The Morgan fingerprint density at radius 1 is 1.12 bits per heavy atom. The van der Waals surface area contributed by atoms with E-state index < -0.39 is 0 Å². The fourth-order valence-corrected chi connectivity index (χ4v) is 2.62. The highest BCUT2D eigenvalue weighted by atomic mass is 16.2. The zero-order valence-electron chi connectivity index (χ0n) is 14.9. The van der Waals surface area contributed by atoms with Crippen molar-refractivity contribution in [1.82, 2.24) is 24.0 Å². The summed E-state index contributed by atoms with van der Waals surface area (Å²) in [5, 5.41) is 0.344. The molecule has 7 nitrogen and oxygen atoms in total. The molecule has 0 amide bonds. The molecule has 2 aromatic heterocycles. The zero-order chi connectivity index (χ0) is 18.1. The molecular formula is C18H21N5O2. The molecule has 3 aromatic rings. The third kappa shape index (κ3) is 3.23. The maximum absolute atomic E-state index is 12.7. The quantitative estimate of drug-likeness (QED) is 0.710. The lowest BCUT2D eigenvalue weighted by molar-refractivity contribution is 0.375. The van der Waals surface area contributed by atoms with Gasteiger partial charge < -0.3 is 4.90 Å². The van der Waals surface area contributed by atoms with Gasteiger partial charge in [0.15, 0.2) is 11.5 Å². The van der Waals surface area contributed by atoms with Gasteiger partial charge >= 0.3 is 5.69 Å². The lowest BCUT2D eigenvalue weighted by Gasteiger charge is -2.13. The number of nitrogens with zero attached hydrogens (tertiary/aromatic N) is 5. The van der Waals surface area contributed by atoms with Gasteiger partial charge in [-0.1, -0.05) is 29.8 Å². The predicted molar refractivity (Wildman–Crippen MR) is 97.8 cm³/mol. The summed E-state index contributed by atoms with van der Waals surface area (Å²) in [7, 11) is 5.42. The summed E-state index contributed by atoms with van der Waals surface area (Å²) in [5.41, 5.74) is 1.61. The smallest absolute Gasteiger partial charge is 0.308 e. The molecule has 130 valence electrons. The molecule has 0 saturated heterocycles. The van der Waals surface area contributed by atoms with Gasteiger partial charge in [-0.05, 0) is 21.0 Å². The summed E-state index contributed by atoms with van der Waals surface area (Å²) in [6.45, 7) is 2.93. The highest BCUT2D eigenvalue weighted by Gasteiger charge is 2.14. The highest BCUT2D eigenvalue weighted by Crippen LogP contribution is 2.16. The Hall–Kier alpha value is -2.80. The molecule has 1 aromatic carbocycles. The van der Waals surface area contributed by atoms with Crippen LogP contribution in [-0.4, -0.2) is 44.6 Å². The monoisotopic (exact) mass is 339 g/mol. The Labute approximate surface area is 145 Å². The molecule has 2 heterocycles. The topological polar surface area (TPSA) is 73.0 Å². The van der Waals surface area contributed by atoms with Crippen molar-refractivity contribution in [3.8, 4) is 11.4 Å². The van der Waals surface area contributed by atoms with Crippen LogP contribution in [0.3, 0.4) is 0 Å². The second-order valence-electron chi connectivity index (χ2n) is 6.40. The first kappa shape index (κ1) is 17.0. The van der Waals surface area contributed by atoms with Gasteiger partial charge in [-0.25, -0.2) is 14.8 Å². The Balaban J connectivity index is 2.17. The summed E-state index contributed by atoms with van der Waals surface area (Å²) in [4.78, 5) is 35.9. The average molecular weight is 339 g/mol. The van der Waals surface area contributed by atoms with Crippen molar-refractivity contribution in [3.05, 3.63) is 56.9 Å². The van der Waals surface area contributed by atoms with Crippen LogP contribution in [0.15, 0.2) is 40.1 Å². The molecule has 0 unspecified atom stereocenters. The van der Waals surface area contributed by atoms with E-state index in [4.69, 9.17) is 0 Å². The second-order valence-corrected chi connectivity index (χ2v) is 6.40. The Kier molecular flexibility index (Phi) is 4.50. The van der Waals surface area contributed by atoms with Gasteiger partial charge in [0.25, 0.3) is 5.56 Å². The molecule has 0 spiro atoms. The summed E-state index contributed by atoms with van der Waals surface area (Å²) in [6, 6.07) is 7.79. The molecule has 0 saturated carbocycles. The molecular weight excluding hydrogens is 318 g/mol. The van der Waals surface area contributed by atoms with Crippen LogP contribution in [0.25, 0.3) is 22.4 Å². The number of aromatic nitrogens is 4. The van der Waals surface area contributed by atoms with Gasteiger partial charge in [0.1, 0.15) is 5.39 Å². The van der Waals surface area contributed by atoms with Crippen molar-refractivity contribution in [2.24, 2.45) is 7.05 Å². The maximum Gasteiger partial charge on any atom is 0.332 e. The van der Waals surface area contributed by atoms with Gasteiger partial charge in [-0.2, -0.15) is 0 Å². The number of fused-ring (bicyclic) bond motifs is 1. The minimum absolute atomic E-state index is 0.328. The van der Waals surface area contributed by atoms with Crippen LogP contribution in [0.2, 0.25) is 0 Å². The molecule has 0 bridgehead atoms. The van der Waals surface area contributed by atoms with Crippen molar-refractivity contribution in [2.75, 3.05) is 20.6 Å². The average Bonchev–Trinajstić information content (AvgIpc) is 2.60. The van der Waals surface area contributed by atoms with E-state index in [1.54, 1.807) is 7.05 Å². The van der Waals surface area contributed by atoms with Crippen molar-refractivity contribution < 1.29 is 0 Å². The first-order valence-corrected chi connectivity index (χ1v) is 8.07. The van der Waals surface area contributed by atoms with Crippen LogP contribution in [0.4, 0.5) is 0 Å². The lowest BCUT2D eigenvalue weighted by atomic mass is 10.1. The minimum atomic E-state index is -0.368. The normalized spacial score (nSPS) is 11.4. The number of aryl methyl sites for hydroxylation is 2. The predicted octanol–water partition coefficient (Wildman–Crippen LogP) is 1.03. The highest BCUT2D eigenvalue weighted by molar-refractivity contribution is 5.75. The van der Waals surface area contributed by atoms with E-state index in [9.17, 15) is 9.59 Å². The molecule has 0 aliphatic rings. The molecule has 25 heavy (non-hydrogen) atoms. The van der Waals surface area contributed by atoms with E-state index >= 15 is 0 Å². The van der Waals surface area contributed by atoms with E-state index in [1.807, 2.05) is 50.2 Å². The van der Waals surface area contributed by atoms with Crippen LogP contribution in [0, 0.1) is 6.92 Å². The number of likely N-dealkylation sites (N-methyl/N-ethyl adjacent to an activating group) is 1. The molecule has 0 atom stereocenters. The van der Waals surface area contributed by atoms with Crippen molar-refractivity contribution in [3.63, 3.8) is 0 Å². The Morgan fingerprint density at radius 3 is 2.44 bits per heavy atom. The zero-order valence-corrected chi connectivity index (χ0v) is 14.9. The van der Waals surface area contributed by atoms with Crippen LogP contribution >= 0.6 is 0 Å². The van der Waals surface area contributed by atoms with Crippen LogP contribution < -0.4 is 11.2 Å². The van der Waals surface area contributed by atoms with E-state index in [1.165, 1.54) is 15.3 Å². The largest absolute Gasteiger partial charge is 0.332 e. The maximum atomic E-state index is 12.7. The van der Waals surface area contributed by atoms with Crippen molar-refractivity contribution in [2.45, 2.75) is 13.5 Å².